The monoisotopic (exact) mass is 406 g/mol. The van der Waals surface area contributed by atoms with Crippen LogP contribution in [0.1, 0.15) is 29.0 Å². The lowest BCUT2D eigenvalue weighted by atomic mass is 9.79. The molecule has 1 fully saturated rings. The van der Waals surface area contributed by atoms with Gasteiger partial charge in [0.05, 0.1) is 12.3 Å². The van der Waals surface area contributed by atoms with E-state index in [0.29, 0.717) is 18.8 Å². The van der Waals surface area contributed by atoms with E-state index in [9.17, 15) is 9.59 Å². The van der Waals surface area contributed by atoms with Gasteiger partial charge in [0.1, 0.15) is 0 Å². The van der Waals surface area contributed by atoms with Gasteiger partial charge in [0, 0.05) is 30.8 Å². The van der Waals surface area contributed by atoms with E-state index < -0.39 is 5.91 Å². The van der Waals surface area contributed by atoms with Gasteiger partial charge in [-0.2, -0.15) is 5.10 Å². The molecule has 0 saturated carbocycles. The molecule has 0 bridgehead atoms. The second-order valence-electron chi connectivity index (χ2n) is 7.11. The second-order valence-corrected chi connectivity index (χ2v) is 7.11. The molecule has 8 heteroatoms. The van der Waals surface area contributed by atoms with Gasteiger partial charge >= 0.3 is 0 Å². The van der Waals surface area contributed by atoms with Crippen molar-refractivity contribution >= 4 is 18.3 Å². The Bertz CT molecular complexity index is 843. The van der Waals surface area contributed by atoms with Crippen LogP contribution in [-0.4, -0.2) is 49.0 Å². The third-order valence-electron chi connectivity index (χ3n) is 5.06. The van der Waals surface area contributed by atoms with Gasteiger partial charge in [0.25, 0.3) is 5.91 Å². The molecule has 152 valence electrons. The number of aryl methyl sites for hydroxylation is 1. The zero-order chi connectivity index (χ0) is 19.3. The number of carbonyl (C=O) groups excluding carboxylic acids is 1. The Hall–Kier alpha value is -2.22. The number of rotatable bonds is 6. The number of ether oxygens (including phenoxy) is 1. The van der Waals surface area contributed by atoms with E-state index in [1.807, 2.05) is 30.3 Å². The number of amides is 1. The van der Waals surface area contributed by atoms with Crippen LogP contribution >= 0.6 is 12.4 Å². The molecule has 0 aliphatic carbocycles. The van der Waals surface area contributed by atoms with E-state index in [0.717, 1.165) is 31.6 Å². The van der Waals surface area contributed by atoms with Crippen molar-refractivity contribution in [2.45, 2.75) is 19.8 Å². The fraction of sp³-hybridized carbons (Fsp3) is 0.450. The Labute approximate surface area is 170 Å². The van der Waals surface area contributed by atoms with Crippen LogP contribution < -0.4 is 16.1 Å². The van der Waals surface area contributed by atoms with Gasteiger partial charge in [-0.25, -0.2) is 4.68 Å². The van der Waals surface area contributed by atoms with Crippen molar-refractivity contribution in [3.05, 3.63) is 58.0 Å². The molecule has 1 aliphatic heterocycles. The number of nitrogens with zero attached hydrogens (tertiary/aromatic N) is 2. The number of methoxy groups -OCH3 is 1. The van der Waals surface area contributed by atoms with Gasteiger partial charge in [0.2, 0.25) is 5.43 Å². The normalized spacial score (nSPS) is 15.5. The van der Waals surface area contributed by atoms with E-state index in [-0.39, 0.29) is 28.9 Å². The highest BCUT2D eigenvalue weighted by Gasteiger charge is 2.33. The summed E-state index contributed by atoms with van der Waals surface area (Å²) in [5.41, 5.74) is 0.906. The highest BCUT2D eigenvalue weighted by atomic mass is 35.5. The van der Waals surface area contributed by atoms with Crippen LogP contribution in [0.4, 0.5) is 0 Å². The Kier molecular flexibility index (Phi) is 7.74. The number of halogens is 1. The lowest BCUT2D eigenvalue weighted by Gasteiger charge is -2.37. The quantitative estimate of drug-likeness (QED) is 0.762. The SMILES string of the molecule is COCC1(CNC(=O)c2nn(-c3ccccc3)c(C)cc2=O)CCNCC1.Cl. The number of nitrogens with one attached hydrogen (secondary N) is 2. The molecule has 1 amide bonds. The molecule has 0 unspecified atom stereocenters. The summed E-state index contributed by atoms with van der Waals surface area (Å²) in [4.78, 5) is 25.1. The number of hydrogen-bond donors (Lipinski definition) is 2. The standard InChI is InChI=1S/C20H26N4O3.ClH/c1-15-12-17(25)18(23-24(15)16-6-4-3-5-7-16)19(26)22-13-20(14-27-2)8-10-21-11-9-20;/h3-7,12,21H,8-11,13-14H2,1-2H3,(H,22,26);1H. The smallest absolute Gasteiger partial charge is 0.275 e. The van der Waals surface area contributed by atoms with Crippen LogP contribution in [0.2, 0.25) is 0 Å². The van der Waals surface area contributed by atoms with Gasteiger partial charge in [-0.05, 0) is 45.0 Å². The number of piperidine rings is 1. The predicted octanol–water partition coefficient (Wildman–Crippen LogP) is 1.71. The van der Waals surface area contributed by atoms with Crippen LogP contribution in [0.3, 0.4) is 0 Å². The first kappa shape index (κ1) is 22.1. The highest BCUT2D eigenvalue weighted by Crippen LogP contribution is 2.28. The average molecular weight is 407 g/mol. The fourth-order valence-electron chi connectivity index (χ4n) is 3.52. The lowest BCUT2D eigenvalue weighted by Crippen LogP contribution is -2.47. The molecule has 2 heterocycles. The molecular formula is C20H27ClN4O3. The third kappa shape index (κ3) is 4.98. The maximum Gasteiger partial charge on any atom is 0.275 e. The molecule has 2 aromatic rings. The topological polar surface area (TPSA) is 85.2 Å². The Balaban J connectivity index is 0.00000280. The molecule has 0 radical (unpaired) electrons. The Morgan fingerprint density at radius 3 is 2.61 bits per heavy atom. The predicted molar refractivity (Wildman–Crippen MR) is 111 cm³/mol. The van der Waals surface area contributed by atoms with Crippen molar-refractivity contribution in [2.24, 2.45) is 5.41 Å². The molecule has 28 heavy (non-hydrogen) atoms. The van der Waals surface area contributed by atoms with Gasteiger partial charge in [-0.3, -0.25) is 9.59 Å². The maximum absolute atomic E-state index is 12.7. The summed E-state index contributed by atoms with van der Waals surface area (Å²) in [6.07, 6.45) is 1.83. The van der Waals surface area contributed by atoms with E-state index >= 15 is 0 Å². The van der Waals surface area contributed by atoms with Crippen molar-refractivity contribution in [3.8, 4) is 5.69 Å². The molecule has 0 atom stereocenters. The number of hydrogen-bond acceptors (Lipinski definition) is 5. The molecular weight excluding hydrogens is 380 g/mol. The first-order valence-corrected chi connectivity index (χ1v) is 9.19. The summed E-state index contributed by atoms with van der Waals surface area (Å²) in [6, 6.07) is 10.9. The second kappa shape index (κ2) is 9.82. The zero-order valence-corrected chi connectivity index (χ0v) is 17.1. The van der Waals surface area contributed by atoms with E-state index in [2.05, 4.69) is 15.7 Å². The average Bonchev–Trinajstić information content (AvgIpc) is 2.68. The van der Waals surface area contributed by atoms with Crippen LogP contribution in [0.5, 0.6) is 0 Å². The van der Waals surface area contributed by atoms with Gasteiger partial charge in [-0.1, -0.05) is 18.2 Å². The minimum Gasteiger partial charge on any atom is -0.384 e. The zero-order valence-electron chi connectivity index (χ0n) is 16.2. The molecule has 0 spiro atoms. The van der Waals surface area contributed by atoms with Crippen LogP contribution in [0.15, 0.2) is 41.2 Å². The number of carbonyl (C=O) groups is 1. The fourth-order valence-corrected chi connectivity index (χ4v) is 3.52. The summed E-state index contributed by atoms with van der Waals surface area (Å²) in [5.74, 6) is -0.446. The van der Waals surface area contributed by atoms with Crippen LogP contribution in [0.25, 0.3) is 5.69 Å². The number of benzene rings is 1. The highest BCUT2D eigenvalue weighted by molar-refractivity contribution is 5.92. The first-order chi connectivity index (χ1) is 13.0. The maximum atomic E-state index is 12.7. The molecule has 2 N–H and O–H groups in total. The van der Waals surface area contributed by atoms with Crippen molar-refractivity contribution in [1.82, 2.24) is 20.4 Å². The van der Waals surface area contributed by atoms with E-state index in [1.165, 1.54) is 6.07 Å². The number of para-hydroxylation sites is 1. The minimum atomic E-state index is -0.446. The summed E-state index contributed by atoms with van der Waals surface area (Å²) in [7, 11) is 1.67. The molecule has 1 aromatic heterocycles. The van der Waals surface area contributed by atoms with Gasteiger partial charge in [-0.15, -0.1) is 12.4 Å². The van der Waals surface area contributed by atoms with Crippen molar-refractivity contribution in [1.29, 1.82) is 0 Å². The van der Waals surface area contributed by atoms with Crippen LogP contribution in [-0.2, 0) is 4.74 Å². The Morgan fingerprint density at radius 2 is 1.96 bits per heavy atom. The van der Waals surface area contributed by atoms with Crippen molar-refractivity contribution in [2.75, 3.05) is 33.4 Å². The largest absolute Gasteiger partial charge is 0.384 e. The third-order valence-corrected chi connectivity index (χ3v) is 5.06. The first-order valence-electron chi connectivity index (χ1n) is 9.19. The lowest BCUT2D eigenvalue weighted by molar-refractivity contribution is 0.0510. The van der Waals surface area contributed by atoms with Crippen LogP contribution in [0, 0.1) is 12.3 Å². The van der Waals surface area contributed by atoms with E-state index in [1.54, 1.807) is 18.7 Å². The summed E-state index contributed by atoms with van der Waals surface area (Å²) < 4.78 is 7.00. The molecule has 1 saturated heterocycles. The minimum absolute atomic E-state index is 0. The van der Waals surface area contributed by atoms with Crippen molar-refractivity contribution in [3.63, 3.8) is 0 Å². The van der Waals surface area contributed by atoms with Crippen molar-refractivity contribution < 1.29 is 9.53 Å². The van der Waals surface area contributed by atoms with Gasteiger partial charge in [0.15, 0.2) is 5.69 Å². The van der Waals surface area contributed by atoms with Gasteiger partial charge < -0.3 is 15.4 Å². The summed E-state index contributed by atoms with van der Waals surface area (Å²) >= 11 is 0. The number of aromatic nitrogens is 2. The Morgan fingerprint density at radius 1 is 1.29 bits per heavy atom. The molecule has 7 nitrogen and oxygen atoms in total. The summed E-state index contributed by atoms with van der Waals surface area (Å²) in [6.45, 7) is 4.61. The molecule has 1 aliphatic rings. The molecule has 1 aromatic carbocycles. The molecule has 3 rings (SSSR count). The summed E-state index contributed by atoms with van der Waals surface area (Å²) in [5, 5.41) is 10.6. The van der Waals surface area contributed by atoms with E-state index in [4.69, 9.17) is 4.74 Å².